The average molecular weight is 511 g/mol. The molecule has 1 aromatic carbocycles. The van der Waals surface area contributed by atoms with E-state index < -0.39 is 11.9 Å². The molecule has 37 heavy (non-hydrogen) atoms. The first kappa shape index (κ1) is 24.5. The number of amides is 1. The summed E-state index contributed by atoms with van der Waals surface area (Å²) in [7, 11) is 0. The number of ether oxygens (including phenoxy) is 2. The third-order valence-electron chi connectivity index (χ3n) is 5.70. The van der Waals surface area contributed by atoms with E-state index in [2.05, 4.69) is 30.4 Å². The minimum absolute atomic E-state index is 0.0436. The maximum atomic E-state index is 14.4. The number of rotatable bonds is 8. The summed E-state index contributed by atoms with van der Waals surface area (Å²) in [5.41, 5.74) is 1.64. The van der Waals surface area contributed by atoms with Gasteiger partial charge in [0.15, 0.2) is 17.5 Å². The van der Waals surface area contributed by atoms with Crippen molar-refractivity contribution in [2.45, 2.75) is 6.54 Å². The molecule has 1 N–H and O–H groups in total. The molecule has 0 unspecified atom stereocenters. The summed E-state index contributed by atoms with van der Waals surface area (Å²) < 4.78 is 45.6. The highest BCUT2D eigenvalue weighted by Gasteiger charge is 2.19. The van der Waals surface area contributed by atoms with Gasteiger partial charge in [-0.1, -0.05) is 23.4 Å². The Labute approximate surface area is 210 Å². The second kappa shape index (κ2) is 11.2. The highest BCUT2D eigenvalue weighted by atomic mass is 19.1. The van der Waals surface area contributed by atoms with Gasteiger partial charge in [0.05, 0.1) is 31.6 Å². The maximum absolute atomic E-state index is 14.4. The normalized spacial score (nSPS) is 14.0. The van der Waals surface area contributed by atoms with Crippen molar-refractivity contribution in [3.05, 3.63) is 66.1 Å². The number of carbonyl (C=O) groups is 1. The van der Waals surface area contributed by atoms with Gasteiger partial charge in [0.25, 0.3) is 0 Å². The van der Waals surface area contributed by atoms with Crippen LogP contribution in [0.3, 0.4) is 0 Å². The van der Waals surface area contributed by atoms with E-state index in [1.807, 2.05) is 0 Å². The first-order valence-corrected chi connectivity index (χ1v) is 11.6. The van der Waals surface area contributed by atoms with E-state index in [1.165, 1.54) is 17.0 Å². The molecule has 1 amide bonds. The zero-order chi connectivity index (χ0) is 25.6. The number of benzene rings is 1. The summed E-state index contributed by atoms with van der Waals surface area (Å²) in [5.74, 6) is -1.53. The van der Waals surface area contributed by atoms with Crippen molar-refractivity contribution in [1.29, 1.82) is 0 Å². The minimum Gasteiger partial charge on any atom is -0.448 e. The summed E-state index contributed by atoms with van der Waals surface area (Å²) in [6, 6.07) is 9.57. The number of morpholine rings is 1. The lowest BCUT2D eigenvalue weighted by atomic mass is 10.2. The van der Waals surface area contributed by atoms with Crippen molar-refractivity contribution in [2.75, 3.05) is 44.8 Å². The second-order valence-electron chi connectivity index (χ2n) is 8.15. The second-order valence-corrected chi connectivity index (χ2v) is 8.15. The lowest BCUT2D eigenvalue weighted by molar-refractivity contribution is 0.0290. The Morgan fingerprint density at radius 3 is 2.73 bits per heavy atom. The highest BCUT2D eigenvalue weighted by molar-refractivity contribution is 5.83. The Kier molecular flexibility index (Phi) is 7.42. The van der Waals surface area contributed by atoms with Crippen LogP contribution in [0, 0.1) is 11.6 Å². The molecule has 0 saturated carbocycles. The number of hydrogen-bond acceptors (Lipinski definition) is 9. The van der Waals surface area contributed by atoms with Crippen molar-refractivity contribution in [3.63, 3.8) is 0 Å². The third kappa shape index (κ3) is 5.95. The monoisotopic (exact) mass is 511 g/mol. The molecule has 1 saturated heterocycles. The molecule has 3 aromatic heterocycles. The fourth-order valence-corrected chi connectivity index (χ4v) is 3.79. The van der Waals surface area contributed by atoms with Crippen LogP contribution in [0.25, 0.3) is 22.9 Å². The van der Waals surface area contributed by atoms with Crippen molar-refractivity contribution in [1.82, 2.24) is 29.8 Å². The number of nitrogens with zero attached hydrogens (tertiary/aromatic N) is 6. The van der Waals surface area contributed by atoms with Crippen molar-refractivity contribution < 1.29 is 27.6 Å². The molecule has 13 heteroatoms. The number of nitrogens with one attached hydrogen (secondary N) is 1. The van der Waals surface area contributed by atoms with Crippen LogP contribution in [0.2, 0.25) is 0 Å². The quantitative estimate of drug-likeness (QED) is 0.380. The van der Waals surface area contributed by atoms with E-state index in [0.717, 1.165) is 19.3 Å². The SMILES string of the molecule is O=C(Nc1nc(-c2cc(-c3ccon3)n(Cc3ccccc3F)n2)ncc1F)OCCN1CCOCC1. The largest absolute Gasteiger partial charge is 0.448 e. The number of anilines is 1. The lowest BCUT2D eigenvalue weighted by Gasteiger charge is -2.26. The first-order chi connectivity index (χ1) is 18.1. The molecule has 0 aliphatic carbocycles. The minimum atomic E-state index is -0.842. The Morgan fingerprint density at radius 1 is 1.11 bits per heavy atom. The van der Waals surface area contributed by atoms with Crippen LogP contribution in [0.15, 0.2) is 53.4 Å². The van der Waals surface area contributed by atoms with Crippen LogP contribution in [0.4, 0.5) is 19.4 Å². The van der Waals surface area contributed by atoms with Crippen molar-refractivity contribution >= 4 is 11.9 Å². The molecule has 11 nitrogen and oxygen atoms in total. The van der Waals surface area contributed by atoms with Crippen LogP contribution in [-0.2, 0) is 16.0 Å². The van der Waals surface area contributed by atoms with E-state index >= 15 is 0 Å². The fraction of sp³-hybridized carbons (Fsp3) is 0.292. The predicted octanol–water partition coefficient (Wildman–Crippen LogP) is 3.20. The number of hydrogen-bond donors (Lipinski definition) is 1. The third-order valence-corrected chi connectivity index (χ3v) is 5.70. The number of halogens is 2. The maximum Gasteiger partial charge on any atom is 0.412 e. The average Bonchev–Trinajstić information content (AvgIpc) is 3.58. The first-order valence-electron chi connectivity index (χ1n) is 11.6. The van der Waals surface area contributed by atoms with Crippen molar-refractivity contribution in [2.24, 2.45) is 0 Å². The zero-order valence-corrected chi connectivity index (χ0v) is 19.6. The molecule has 0 radical (unpaired) electrons. The van der Waals surface area contributed by atoms with Crippen LogP contribution in [0.1, 0.15) is 5.56 Å². The molecule has 1 aliphatic heterocycles. The van der Waals surface area contributed by atoms with Gasteiger partial charge in [-0.2, -0.15) is 5.10 Å². The standard InChI is InChI=1S/C24H23F2N7O4/c25-17-4-2-1-3-16(17)15-33-21(19-5-9-37-31-19)13-20(30-33)23-27-14-18(26)22(28-23)29-24(34)36-12-8-32-6-10-35-11-7-32/h1-5,9,13-14H,6-8,10-12,15H2,(H,27,28,29,34). The molecular weight excluding hydrogens is 488 g/mol. The Bertz CT molecular complexity index is 1360. The number of carbonyl (C=O) groups excluding carboxylic acids is 1. The van der Waals surface area contributed by atoms with E-state index in [4.69, 9.17) is 14.0 Å². The van der Waals surface area contributed by atoms with E-state index in [-0.39, 0.29) is 36.3 Å². The molecule has 4 heterocycles. The summed E-state index contributed by atoms with van der Waals surface area (Å²) in [6.45, 7) is 3.55. The van der Waals surface area contributed by atoms with Gasteiger partial charge >= 0.3 is 6.09 Å². The molecule has 1 fully saturated rings. The van der Waals surface area contributed by atoms with Gasteiger partial charge in [-0.3, -0.25) is 14.9 Å². The topological polar surface area (TPSA) is 120 Å². The summed E-state index contributed by atoms with van der Waals surface area (Å²) in [4.78, 5) is 22.5. The van der Waals surface area contributed by atoms with Gasteiger partial charge in [-0.15, -0.1) is 0 Å². The summed E-state index contributed by atoms with van der Waals surface area (Å²) in [6.07, 6.45) is 1.48. The zero-order valence-electron chi connectivity index (χ0n) is 19.6. The molecule has 192 valence electrons. The van der Waals surface area contributed by atoms with Gasteiger partial charge in [-0.05, 0) is 12.1 Å². The van der Waals surface area contributed by atoms with Gasteiger partial charge in [0, 0.05) is 31.3 Å². The van der Waals surface area contributed by atoms with E-state index in [0.29, 0.717) is 36.7 Å². The van der Waals surface area contributed by atoms with Crippen LogP contribution in [-0.4, -0.2) is 75.4 Å². The van der Waals surface area contributed by atoms with Gasteiger partial charge < -0.3 is 14.0 Å². The van der Waals surface area contributed by atoms with Crippen molar-refractivity contribution in [3.8, 4) is 22.9 Å². The summed E-state index contributed by atoms with van der Waals surface area (Å²) in [5, 5.41) is 10.7. The Hall–Kier alpha value is -4.23. The predicted molar refractivity (Wildman–Crippen MR) is 126 cm³/mol. The molecule has 0 atom stereocenters. The van der Waals surface area contributed by atoms with Gasteiger partial charge in [0.2, 0.25) is 0 Å². The Balaban J connectivity index is 1.33. The molecule has 1 aliphatic rings. The molecular formula is C24H23F2N7O4. The molecule has 0 spiro atoms. The Morgan fingerprint density at radius 2 is 1.95 bits per heavy atom. The molecule has 4 aromatic rings. The van der Waals surface area contributed by atoms with E-state index in [1.54, 1.807) is 30.3 Å². The van der Waals surface area contributed by atoms with E-state index in [9.17, 15) is 13.6 Å². The van der Waals surface area contributed by atoms with Gasteiger partial charge in [0.1, 0.15) is 30.1 Å². The van der Waals surface area contributed by atoms with Crippen LogP contribution in [0.5, 0.6) is 0 Å². The molecule has 0 bridgehead atoms. The lowest BCUT2D eigenvalue weighted by Crippen LogP contribution is -2.38. The van der Waals surface area contributed by atoms with Crippen LogP contribution < -0.4 is 5.32 Å². The molecule has 5 rings (SSSR count). The summed E-state index contributed by atoms with van der Waals surface area (Å²) >= 11 is 0. The smallest absolute Gasteiger partial charge is 0.412 e. The highest BCUT2D eigenvalue weighted by Crippen LogP contribution is 2.26. The van der Waals surface area contributed by atoms with Gasteiger partial charge in [-0.25, -0.2) is 23.5 Å². The fourth-order valence-electron chi connectivity index (χ4n) is 3.79. The van der Waals surface area contributed by atoms with Crippen LogP contribution >= 0.6 is 0 Å². The number of aromatic nitrogens is 5.